The summed E-state index contributed by atoms with van der Waals surface area (Å²) in [7, 11) is 0. The molecule has 4 fully saturated rings. The second kappa shape index (κ2) is 10.3. The molecule has 8 nitrogen and oxygen atoms in total. The van der Waals surface area contributed by atoms with E-state index in [0.717, 1.165) is 61.8 Å². The van der Waals surface area contributed by atoms with Gasteiger partial charge in [0.05, 0.1) is 21.3 Å². The van der Waals surface area contributed by atoms with Gasteiger partial charge < -0.3 is 20.7 Å². The van der Waals surface area contributed by atoms with Crippen LogP contribution in [0, 0.1) is 11.6 Å². The molecule has 2 aromatic heterocycles. The summed E-state index contributed by atoms with van der Waals surface area (Å²) in [5.41, 5.74) is 2.39. The summed E-state index contributed by atoms with van der Waals surface area (Å²) in [6.45, 7) is 2.04. The van der Waals surface area contributed by atoms with Gasteiger partial charge in [0.1, 0.15) is 29.9 Å². The number of nitrogen functional groups attached to an aromatic ring is 1. The van der Waals surface area contributed by atoms with E-state index in [2.05, 4.69) is 25.2 Å². The van der Waals surface area contributed by atoms with Crippen LogP contribution >= 0.6 is 11.3 Å². The number of rotatable bonds is 5. The number of thiazole rings is 1. The molecule has 45 heavy (non-hydrogen) atoms. The first-order valence-corrected chi connectivity index (χ1v) is 15.8. The van der Waals surface area contributed by atoms with Crippen molar-refractivity contribution in [3.05, 3.63) is 35.4 Å². The molecule has 15 heteroatoms. The summed E-state index contributed by atoms with van der Waals surface area (Å²) in [4.78, 5) is 16.9. The number of piperazine rings is 1. The Morgan fingerprint density at radius 1 is 1.07 bits per heavy atom. The number of nitrogens with one attached hydrogen (secondary N) is 1. The van der Waals surface area contributed by atoms with E-state index in [1.165, 1.54) is 0 Å². The van der Waals surface area contributed by atoms with Crippen molar-refractivity contribution < 1.29 is 31.1 Å². The summed E-state index contributed by atoms with van der Waals surface area (Å²) in [5, 5.41) is 3.31. The van der Waals surface area contributed by atoms with E-state index in [0.29, 0.717) is 26.1 Å². The first-order valence-electron chi connectivity index (χ1n) is 15.0. The second-order valence-corrected chi connectivity index (χ2v) is 13.6. The quantitative estimate of drug-likeness (QED) is 0.267. The Labute approximate surface area is 257 Å². The maximum Gasteiger partial charge on any atom is 0.417 e. The molecule has 4 saturated heterocycles. The molecule has 2 aromatic carbocycles. The van der Waals surface area contributed by atoms with Crippen molar-refractivity contribution in [2.45, 2.75) is 62.1 Å². The predicted molar refractivity (Wildman–Crippen MR) is 158 cm³/mol. The highest BCUT2D eigenvalue weighted by Gasteiger charge is 2.49. The summed E-state index contributed by atoms with van der Waals surface area (Å²) in [5.74, 6) is -1.84. The third kappa shape index (κ3) is 4.76. The van der Waals surface area contributed by atoms with Crippen LogP contribution in [0.1, 0.15) is 37.7 Å². The highest BCUT2D eigenvalue weighted by atomic mass is 32.1. The molecule has 238 valence electrons. The number of halogens is 6. The summed E-state index contributed by atoms with van der Waals surface area (Å²) < 4.78 is 96.1. The van der Waals surface area contributed by atoms with Gasteiger partial charge in [-0.15, -0.1) is 0 Å². The summed E-state index contributed by atoms with van der Waals surface area (Å²) in [6.07, 6.45) is -2.28. The smallest absolute Gasteiger partial charge is 0.417 e. The third-order valence-corrected chi connectivity index (χ3v) is 10.6. The Balaban J connectivity index is 1.32. The number of aromatic nitrogens is 3. The molecule has 0 unspecified atom stereocenters. The van der Waals surface area contributed by atoms with Crippen molar-refractivity contribution in [2.24, 2.45) is 0 Å². The molecular formula is C30H29F6N7OS. The van der Waals surface area contributed by atoms with E-state index in [1.54, 1.807) is 0 Å². The van der Waals surface area contributed by atoms with Crippen LogP contribution in [0.3, 0.4) is 0 Å². The number of nitrogens with zero attached hydrogens (tertiary/aromatic N) is 5. The number of alkyl halides is 4. The maximum absolute atomic E-state index is 16.8. The van der Waals surface area contributed by atoms with Gasteiger partial charge >= 0.3 is 12.2 Å². The molecule has 4 aliphatic heterocycles. The number of anilines is 2. The van der Waals surface area contributed by atoms with Crippen LogP contribution in [0.2, 0.25) is 0 Å². The van der Waals surface area contributed by atoms with Crippen LogP contribution in [0.25, 0.3) is 32.2 Å². The zero-order valence-corrected chi connectivity index (χ0v) is 24.7. The van der Waals surface area contributed by atoms with E-state index in [4.69, 9.17) is 10.5 Å². The van der Waals surface area contributed by atoms with Crippen LogP contribution in [0.5, 0.6) is 6.01 Å². The van der Waals surface area contributed by atoms with Gasteiger partial charge in [-0.05, 0) is 50.4 Å². The third-order valence-electron chi connectivity index (χ3n) is 9.72. The van der Waals surface area contributed by atoms with Crippen LogP contribution in [0.15, 0.2) is 18.2 Å². The lowest BCUT2D eigenvalue weighted by Crippen LogP contribution is -2.51. The van der Waals surface area contributed by atoms with Crippen LogP contribution < -0.4 is 20.7 Å². The Bertz CT molecular complexity index is 1820. The van der Waals surface area contributed by atoms with Gasteiger partial charge in [-0.25, -0.2) is 18.2 Å². The van der Waals surface area contributed by atoms with E-state index in [9.17, 15) is 22.0 Å². The van der Waals surface area contributed by atoms with Crippen molar-refractivity contribution in [1.29, 1.82) is 0 Å². The Morgan fingerprint density at radius 2 is 1.84 bits per heavy atom. The van der Waals surface area contributed by atoms with Gasteiger partial charge in [0.2, 0.25) is 0 Å². The first kappa shape index (κ1) is 29.0. The number of fused-ring (bicyclic) bond motifs is 5. The minimum absolute atomic E-state index is 0.0664. The van der Waals surface area contributed by atoms with Crippen molar-refractivity contribution in [2.75, 3.05) is 43.4 Å². The molecule has 8 rings (SSSR count). The molecular weight excluding hydrogens is 620 g/mol. The van der Waals surface area contributed by atoms with Gasteiger partial charge in [-0.1, -0.05) is 11.3 Å². The minimum Gasteiger partial charge on any atom is -0.461 e. The molecule has 0 saturated carbocycles. The van der Waals surface area contributed by atoms with Crippen LogP contribution in [-0.4, -0.2) is 76.4 Å². The fourth-order valence-corrected chi connectivity index (χ4v) is 8.56. The predicted octanol–water partition coefficient (Wildman–Crippen LogP) is 5.68. The zero-order valence-electron chi connectivity index (χ0n) is 23.9. The molecule has 0 radical (unpaired) electrons. The lowest BCUT2D eigenvalue weighted by atomic mass is 9.95. The fraction of sp³-hybridized carbons (Fsp3) is 0.500. The standard InChI is InChI=1S/C30H29F6N7OS/c31-14-9-29(6-1-7-43(29)10-14)13-44-28-40-23-18(26(41-28)42-11-15-2-3-16(12-42)38-15)8-19(30(34,35)36)21(22(23)33)17-4-5-20(32)25-24(17)39-27(37)45-25/h4-5,8,14-16,38H,1-3,6-7,9-13H2,(H2,37,39)/t14-,15-,16+,29+/m1/s1. The zero-order chi connectivity index (χ0) is 31.2. The topological polar surface area (TPSA) is 92.4 Å². The van der Waals surface area contributed by atoms with E-state index < -0.39 is 40.6 Å². The van der Waals surface area contributed by atoms with E-state index >= 15 is 4.39 Å². The number of hydrogen-bond acceptors (Lipinski definition) is 9. The highest BCUT2D eigenvalue weighted by Crippen LogP contribution is 2.47. The lowest BCUT2D eigenvalue weighted by Gasteiger charge is -2.35. The molecule has 3 N–H and O–H groups in total. The molecule has 4 aliphatic rings. The van der Waals surface area contributed by atoms with Gasteiger partial charge in [-0.3, -0.25) is 4.90 Å². The number of benzene rings is 2. The van der Waals surface area contributed by atoms with Crippen LogP contribution in [-0.2, 0) is 6.18 Å². The van der Waals surface area contributed by atoms with Crippen molar-refractivity contribution in [1.82, 2.24) is 25.2 Å². The molecule has 0 aliphatic carbocycles. The Morgan fingerprint density at radius 3 is 2.60 bits per heavy atom. The van der Waals surface area contributed by atoms with Crippen molar-refractivity contribution >= 4 is 43.4 Å². The normalized spacial score (nSPS) is 26.8. The maximum atomic E-state index is 16.8. The largest absolute Gasteiger partial charge is 0.461 e. The van der Waals surface area contributed by atoms with Gasteiger partial charge in [0.15, 0.2) is 10.9 Å². The fourth-order valence-electron chi connectivity index (χ4n) is 7.79. The molecule has 0 amide bonds. The highest BCUT2D eigenvalue weighted by molar-refractivity contribution is 7.22. The van der Waals surface area contributed by atoms with Crippen molar-refractivity contribution in [3.8, 4) is 17.1 Å². The molecule has 2 bridgehead atoms. The summed E-state index contributed by atoms with van der Waals surface area (Å²) >= 11 is 0.765. The molecule has 6 heterocycles. The van der Waals surface area contributed by atoms with Crippen molar-refractivity contribution in [3.63, 3.8) is 0 Å². The number of hydrogen-bond donors (Lipinski definition) is 2. The number of ether oxygens (including phenoxy) is 1. The monoisotopic (exact) mass is 649 g/mol. The average Bonchev–Trinajstić information content (AvgIpc) is 3.73. The average molecular weight is 650 g/mol. The van der Waals surface area contributed by atoms with Gasteiger partial charge in [-0.2, -0.15) is 23.1 Å². The lowest BCUT2D eigenvalue weighted by molar-refractivity contribution is -0.137. The molecule has 0 spiro atoms. The van der Waals surface area contributed by atoms with E-state index in [1.807, 2.05) is 4.90 Å². The van der Waals surface area contributed by atoms with Gasteiger partial charge in [0, 0.05) is 54.7 Å². The van der Waals surface area contributed by atoms with E-state index in [-0.39, 0.29) is 62.3 Å². The Hall–Kier alpha value is -3.43. The minimum atomic E-state index is -4.99. The molecule has 4 atom stereocenters. The second-order valence-electron chi connectivity index (χ2n) is 12.6. The number of nitrogens with two attached hydrogens (primary N) is 1. The Kier molecular flexibility index (Phi) is 6.63. The molecule has 4 aromatic rings. The SMILES string of the molecule is Nc1nc2c(-c3c(C(F)(F)F)cc4c(N5C[C@H]6CC[C@@H](C5)N6)nc(OC[C@@]56CCCN5C[C@H](F)C6)nc4c3F)ccc(F)c2s1. The van der Waals surface area contributed by atoms with Crippen LogP contribution in [0.4, 0.5) is 37.3 Å². The first-order chi connectivity index (χ1) is 21.5. The van der Waals surface area contributed by atoms with Gasteiger partial charge in [0.25, 0.3) is 0 Å². The summed E-state index contributed by atoms with van der Waals surface area (Å²) in [6, 6.07) is 2.94.